The van der Waals surface area contributed by atoms with E-state index in [0.29, 0.717) is 37.8 Å². The molecule has 2 heterocycles. The summed E-state index contributed by atoms with van der Waals surface area (Å²) in [6.07, 6.45) is 3.60. The fraction of sp³-hybridized carbons (Fsp3) is 0.636. The zero-order valence-corrected chi connectivity index (χ0v) is 16.9. The normalized spacial score (nSPS) is 30.6. The van der Waals surface area contributed by atoms with Crippen LogP contribution in [0.1, 0.15) is 48.5 Å². The smallest absolute Gasteiger partial charge is 0.257 e. The SMILES string of the molecule is Cc1ccccc1C(=O)N1[C@H](C(=O)N2CCOCC2)COC12CCC(C)CC2. The lowest BCUT2D eigenvalue weighted by atomic mass is 9.83. The minimum atomic E-state index is -0.654. The molecule has 28 heavy (non-hydrogen) atoms. The number of hydrogen-bond acceptors (Lipinski definition) is 4. The molecular weight excluding hydrogens is 356 g/mol. The van der Waals surface area contributed by atoms with E-state index in [0.717, 1.165) is 31.2 Å². The Hall–Kier alpha value is -1.92. The van der Waals surface area contributed by atoms with Crippen molar-refractivity contribution in [2.24, 2.45) is 5.92 Å². The molecule has 0 aromatic heterocycles. The topological polar surface area (TPSA) is 59.1 Å². The summed E-state index contributed by atoms with van der Waals surface area (Å²) in [6.45, 7) is 6.71. The van der Waals surface area contributed by atoms with Gasteiger partial charge in [0.25, 0.3) is 5.91 Å². The highest BCUT2D eigenvalue weighted by atomic mass is 16.5. The van der Waals surface area contributed by atoms with Crippen LogP contribution in [0.4, 0.5) is 0 Å². The van der Waals surface area contributed by atoms with Gasteiger partial charge in [-0.15, -0.1) is 0 Å². The number of carbonyl (C=O) groups excluding carboxylic acids is 2. The average Bonchev–Trinajstić information content (AvgIpc) is 3.09. The van der Waals surface area contributed by atoms with Crippen LogP contribution in [-0.4, -0.2) is 66.3 Å². The molecule has 2 amide bonds. The predicted octanol–water partition coefficient (Wildman–Crippen LogP) is 2.60. The van der Waals surface area contributed by atoms with Crippen molar-refractivity contribution in [3.8, 4) is 0 Å². The molecule has 1 aromatic rings. The maximum atomic E-state index is 13.7. The highest BCUT2D eigenvalue weighted by Crippen LogP contribution is 2.43. The fourth-order valence-electron chi connectivity index (χ4n) is 4.71. The number of aryl methyl sites for hydroxylation is 1. The minimum Gasteiger partial charge on any atom is -0.378 e. The third kappa shape index (κ3) is 3.44. The van der Waals surface area contributed by atoms with Crippen molar-refractivity contribution in [1.82, 2.24) is 9.80 Å². The number of benzene rings is 1. The molecule has 6 nitrogen and oxygen atoms in total. The largest absolute Gasteiger partial charge is 0.378 e. The van der Waals surface area contributed by atoms with E-state index in [2.05, 4.69) is 6.92 Å². The lowest BCUT2D eigenvalue weighted by molar-refractivity contribution is -0.141. The molecule has 1 atom stereocenters. The summed E-state index contributed by atoms with van der Waals surface area (Å²) in [7, 11) is 0. The zero-order chi connectivity index (χ0) is 19.7. The van der Waals surface area contributed by atoms with Crippen LogP contribution >= 0.6 is 0 Å². The van der Waals surface area contributed by atoms with Gasteiger partial charge < -0.3 is 14.4 Å². The highest BCUT2D eigenvalue weighted by molar-refractivity contribution is 5.99. The van der Waals surface area contributed by atoms with Crippen molar-refractivity contribution >= 4 is 11.8 Å². The van der Waals surface area contributed by atoms with E-state index < -0.39 is 11.8 Å². The summed E-state index contributed by atoms with van der Waals surface area (Å²) in [5.41, 5.74) is 0.931. The first-order chi connectivity index (χ1) is 13.5. The molecule has 1 aromatic carbocycles. The molecule has 2 saturated heterocycles. The van der Waals surface area contributed by atoms with Crippen LogP contribution in [0, 0.1) is 12.8 Å². The van der Waals surface area contributed by atoms with E-state index in [-0.39, 0.29) is 18.4 Å². The first-order valence-corrected chi connectivity index (χ1v) is 10.4. The molecular formula is C22H30N2O4. The Labute approximate surface area is 166 Å². The van der Waals surface area contributed by atoms with Crippen molar-refractivity contribution in [3.63, 3.8) is 0 Å². The Morgan fingerprint density at radius 2 is 1.79 bits per heavy atom. The molecule has 152 valence electrons. The summed E-state index contributed by atoms with van der Waals surface area (Å²) < 4.78 is 11.7. The summed E-state index contributed by atoms with van der Waals surface area (Å²) in [4.78, 5) is 30.6. The summed E-state index contributed by atoms with van der Waals surface area (Å²) in [5, 5.41) is 0. The monoisotopic (exact) mass is 386 g/mol. The number of amides is 2. The van der Waals surface area contributed by atoms with Crippen LogP contribution in [0.5, 0.6) is 0 Å². The van der Waals surface area contributed by atoms with Gasteiger partial charge in [0, 0.05) is 18.7 Å². The molecule has 2 aliphatic heterocycles. The Bertz CT molecular complexity index is 736. The van der Waals surface area contributed by atoms with Crippen LogP contribution in [0.15, 0.2) is 24.3 Å². The van der Waals surface area contributed by atoms with Gasteiger partial charge in [-0.1, -0.05) is 25.1 Å². The van der Waals surface area contributed by atoms with Gasteiger partial charge in [0.1, 0.15) is 11.8 Å². The van der Waals surface area contributed by atoms with Crippen molar-refractivity contribution in [1.29, 1.82) is 0 Å². The van der Waals surface area contributed by atoms with Gasteiger partial charge in [0.2, 0.25) is 5.91 Å². The number of morpholine rings is 1. The maximum Gasteiger partial charge on any atom is 0.257 e. The van der Waals surface area contributed by atoms with E-state index in [1.165, 1.54) is 0 Å². The average molecular weight is 386 g/mol. The molecule has 1 aliphatic carbocycles. The molecule has 0 unspecified atom stereocenters. The summed E-state index contributed by atoms with van der Waals surface area (Å²) in [6, 6.07) is 7.05. The number of nitrogens with zero attached hydrogens (tertiary/aromatic N) is 2. The second-order valence-electron chi connectivity index (χ2n) is 8.38. The summed E-state index contributed by atoms with van der Waals surface area (Å²) >= 11 is 0. The molecule has 3 fully saturated rings. The predicted molar refractivity (Wildman–Crippen MR) is 105 cm³/mol. The van der Waals surface area contributed by atoms with Crippen LogP contribution in [0.2, 0.25) is 0 Å². The van der Waals surface area contributed by atoms with E-state index in [1.54, 1.807) is 4.90 Å². The van der Waals surface area contributed by atoms with Crippen LogP contribution < -0.4 is 0 Å². The first kappa shape index (κ1) is 19.4. The lowest BCUT2D eigenvalue weighted by Gasteiger charge is -2.43. The van der Waals surface area contributed by atoms with Gasteiger partial charge in [-0.25, -0.2) is 0 Å². The Morgan fingerprint density at radius 1 is 1.11 bits per heavy atom. The highest BCUT2D eigenvalue weighted by Gasteiger charge is 2.54. The molecule has 4 rings (SSSR count). The summed E-state index contributed by atoms with van der Waals surface area (Å²) in [5.74, 6) is 0.524. The van der Waals surface area contributed by atoms with Crippen LogP contribution in [0.3, 0.4) is 0 Å². The Balaban J connectivity index is 1.67. The van der Waals surface area contributed by atoms with Crippen molar-refractivity contribution in [2.75, 3.05) is 32.9 Å². The number of hydrogen-bond donors (Lipinski definition) is 0. The van der Waals surface area contributed by atoms with Crippen LogP contribution in [0.25, 0.3) is 0 Å². The third-order valence-electron chi connectivity index (χ3n) is 6.52. The van der Waals surface area contributed by atoms with E-state index in [9.17, 15) is 9.59 Å². The van der Waals surface area contributed by atoms with E-state index in [1.807, 2.05) is 36.1 Å². The zero-order valence-electron chi connectivity index (χ0n) is 16.9. The number of rotatable bonds is 2. The van der Waals surface area contributed by atoms with Gasteiger partial charge in [-0.05, 0) is 50.2 Å². The van der Waals surface area contributed by atoms with E-state index in [4.69, 9.17) is 9.47 Å². The first-order valence-electron chi connectivity index (χ1n) is 10.4. The van der Waals surface area contributed by atoms with Gasteiger partial charge in [0.05, 0.1) is 19.8 Å². The molecule has 0 N–H and O–H groups in total. The van der Waals surface area contributed by atoms with Crippen molar-refractivity contribution in [3.05, 3.63) is 35.4 Å². The molecule has 0 radical (unpaired) electrons. The fourth-order valence-corrected chi connectivity index (χ4v) is 4.71. The molecule has 1 saturated carbocycles. The number of ether oxygens (including phenoxy) is 2. The third-order valence-corrected chi connectivity index (χ3v) is 6.52. The standard InChI is InChI=1S/C22H30N2O4/c1-16-7-9-22(10-8-16)24(20(25)18-6-4-3-5-17(18)2)19(15-28-22)21(26)23-11-13-27-14-12-23/h3-6,16,19H,7-15H2,1-2H3/t16?,19-,22?/m0/s1. The van der Waals surface area contributed by atoms with Gasteiger partial charge in [-0.3, -0.25) is 14.5 Å². The lowest BCUT2D eigenvalue weighted by Crippen LogP contribution is -2.58. The minimum absolute atomic E-state index is 0.0132. The second kappa shape index (κ2) is 7.84. The van der Waals surface area contributed by atoms with E-state index >= 15 is 0 Å². The molecule has 3 aliphatic rings. The molecule has 0 bridgehead atoms. The van der Waals surface area contributed by atoms with Gasteiger partial charge >= 0.3 is 0 Å². The van der Waals surface area contributed by atoms with Crippen molar-refractivity contribution in [2.45, 2.75) is 51.3 Å². The van der Waals surface area contributed by atoms with Crippen LogP contribution in [-0.2, 0) is 14.3 Å². The Kier molecular flexibility index (Phi) is 5.43. The number of carbonyl (C=O) groups is 2. The molecule has 1 spiro atoms. The van der Waals surface area contributed by atoms with Gasteiger partial charge in [0.15, 0.2) is 0 Å². The Morgan fingerprint density at radius 3 is 2.46 bits per heavy atom. The quantitative estimate of drug-likeness (QED) is 0.784. The molecule has 6 heteroatoms. The van der Waals surface area contributed by atoms with Crippen molar-refractivity contribution < 1.29 is 19.1 Å². The van der Waals surface area contributed by atoms with Gasteiger partial charge in [-0.2, -0.15) is 0 Å². The second-order valence-corrected chi connectivity index (χ2v) is 8.38. The maximum absolute atomic E-state index is 13.7.